The van der Waals surface area contributed by atoms with E-state index in [1.165, 1.54) is 6.07 Å². The molecule has 0 bridgehead atoms. The summed E-state index contributed by atoms with van der Waals surface area (Å²) in [5.74, 6) is -1.25. The number of H-pyrrole nitrogens is 1. The third-order valence-electron chi connectivity index (χ3n) is 1.94. The van der Waals surface area contributed by atoms with Crippen molar-refractivity contribution in [3.05, 3.63) is 41.6 Å². The molecule has 2 aromatic rings. The van der Waals surface area contributed by atoms with E-state index in [1.807, 2.05) is 0 Å². The fourth-order valence-electron chi connectivity index (χ4n) is 1.18. The van der Waals surface area contributed by atoms with Gasteiger partial charge in [-0.25, -0.2) is 8.78 Å². The lowest BCUT2D eigenvalue weighted by atomic mass is 10.3. The van der Waals surface area contributed by atoms with Gasteiger partial charge in [-0.3, -0.25) is 5.10 Å². The van der Waals surface area contributed by atoms with Crippen molar-refractivity contribution in [2.75, 3.05) is 5.73 Å². The van der Waals surface area contributed by atoms with E-state index in [9.17, 15) is 8.78 Å². The molecule has 0 unspecified atom stereocenters. The smallest absolute Gasteiger partial charge is 0.162 e. The normalized spacial score (nSPS) is 10.4. The maximum Gasteiger partial charge on any atom is 0.162 e. The molecule has 84 valence electrons. The molecule has 2 rings (SSSR count). The number of nitrogens with zero attached hydrogens (tertiary/aromatic N) is 1. The number of anilines is 1. The van der Waals surface area contributed by atoms with E-state index in [2.05, 4.69) is 10.2 Å². The van der Waals surface area contributed by atoms with Crippen LogP contribution in [-0.2, 0) is 6.61 Å². The van der Waals surface area contributed by atoms with E-state index in [1.54, 1.807) is 6.07 Å². The Morgan fingerprint density at radius 3 is 2.69 bits per heavy atom. The zero-order valence-electron chi connectivity index (χ0n) is 8.21. The SMILES string of the molecule is Nc1cc(COc2ccc(F)c(F)c2)[nH]n1. The fourth-order valence-corrected chi connectivity index (χ4v) is 1.18. The third kappa shape index (κ3) is 2.28. The van der Waals surface area contributed by atoms with Crippen LogP contribution in [0.1, 0.15) is 5.69 Å². The number of aromatic nitrogens is 2. The van der Waals surface area contributed by atoms with E-state index >= 15 is 0 Å². The Hall–Kier alpha value is -2.11. The summed E-state index contributed by atoms with van der Waals surface area (Å²) < 4.78 is 30.6. The molecule has 0 aliphatic carbocycles. The summed E-state index contributed by atoms with van der Waals surface area (Å²) in [5.41, 5.74) is 6.04. The highest BCUT2D eigenvalue weighted by Crippen LogP contribution is 2.16. The van der Waals surface area contributed by atoms with Gasteiger partial charge in [-0.1, -0.05) is 0 Å². The summed E-state index contributed by atoms with van der Waals surface area (Å²) in [5, 5.41) is 6.33. The Balaban J connectivity index is 2.02. The zero-order chi connectivity index (χ0) is 11.5. The van der Waals surface area contributed by atoms with Gasteiger partial charge in [0.15, 0.2) is 11.6 Å². The minimum absolute atomic E-state index is 0.162. The molecule has 0 radical (unpaired) electrons. The molecule has 4 nitrogen and oxygen atoms in total. The molecule has 1 aromatic heterocycles. The van der Waals surface area contributed by atoms with Crippen LogP contribution in [0.3, 0.4) is 0 Å². The highest BCUT2D eigenvalue weighted by atomic mass is 19.2. The van der Waals surface area contributed by atoms with Crippen LogP contribution >= 0.6 is 0 Å². The molecule has 3 N–H and O–H groups in total. The molecule has 0 atom stereocenters. The first-order valence-electron chi connectivity index (χ1n) is 4.53. The average molecular weight is 225 g/mol. The van der Waals surface area contributed by atoms with Crippen LogP contribution in [0.15, 0.2) is 24.3 Å². The topological polar surface area (TPSA) is 63.9 Å². The second kappa shape index (κ2) is 4.18. The quantitative estimate of drug-likeness (QED) is 0.837. The van der Waals surface area contributed by atoms with Crippen LogP contribution < -0.4 is 10.5 Å². The Bertz CT molecular complexity index is 499. The molecule has 0 aliphatic heterocycles. The van der Waals surface area contributed by atoms with Gasteiger partial charge in [-0.2, -0.15) is 5.10 Å². The second-order valence-corrected chi connectivity index (χ2v) is 3.18. The van der Waals surface area contributed by atoms with Crippen LogP contribution in [-0.4, -0.2) is 10.2 Å². The zero-order valence-corrected chi connectivity index (χ0v) is 8.21. The van der Waals surface area contributed by atoms with Gasteiger partial charge in [0.2, 0.25) is 0 Å². The minimum atomic E-state index is -0.943. The van der Waals surface area contributed by atoms with Crippen molar-refractivity contribution in [3.63, 3.8) is 0 Å². The van der Waals surface area contributed by atoms with Crippen molar-refractivity contribution in [2.45, 2.75) is 6.61 Å². The number of rotatable bonds is 3. The molecule has 0 spiro atoms. The first-order valence-corrected chi connectivity index (χ1v) is 4.53. The first-order chi connectivity index (χ1) is 7.65. The molecule has 0 amide bonds. The lowest BCUT2D eigenvalue weighted by Gasteiger charge is -2.04. The van der Waals surface area contributed by atoms with Gasteiger partial charge in [0.05, 0.1) is 5.69 Å². The average Bonchev–Trinajstić information content (AvgIpc) is 2.66. The number of aromatic amines is 1. The molecule has 0 fully saturated rings. The summed E-state index contributed by atoms with van der Waals surface area (Å²) in [6.07, 6.45) is 0. The number of benzene rings is 1. The number of ether oxygens (including phenoxy) is 1. The molecule has 0 saturated heterocycles. The lowest BCUT2D eigenvalue weighted by molar-refractivity contribution is 0.298. The van der Waals surface area contributed by atoms with Crippen molar-refractivity contribution in [3.8, 4) is 5.75 Å². The van der Waals surface area contributed by atoms with Crippen molar-refractivity contribution >= 4 is 5.82 Å². The largest absolute Gasteiger partial charge is 0.487 e. The Kier molecular flexibility index (Phi) is 2.72. The van der Waals surface area contributed by atoms with Crippen molar-refractivity contribution in [1.82, 2.24) is 10.2 Å². The molecule has 1 aromatic carbocycles. The van der Waals surface area contributed by atoms with Gasteiger partial charge in [0.25, 0.3) is 0 Å². The van der Waals surface area contributed by atoms with Gasteiger partial charge in [-0.15, -0.1) is 0 Å². The van der Waals surface area contributed by atoms with Crippen LogP contribution in [0, 0.1) is 11.6 Å². The highest BCUT2D eigenvalue weighted by Gasteiger charge is 2.04. The molecule has 1 heterocycles. The minimum Gasteiger partial charge on any atom is -0.487 e. The number of nitrogens with one attached hydrogen (secondary N) is 1. The maximum atomic E-state index is 12.8. The lowest BCUT2D eigenvalue weighted by Crippen LogP contribution is -1.96. The number of nitrogens with two attached hydrogens (primary N) is 1. The number of halogens is 2. The molecular weight excluding hydrogens is 216 g/mol. The highest BCUT2D eigenvalue weighted by molar-refractivity contribution is 5.29. The van der Waals surface area contributed by atoms with Gasteiger partial charge in [-0.05, 0) is 12.1 Å². The van der Waals surface area contributed by atoms with Gasteiger partial charge in [0, 0.05) is 12.1 Å². The molecular formula is C10H9F2N3O. The molecule has 6 heteroatoms. The van der Waals surface area contributed by atoms with Crippen LogP contribution in [0.2, 0.25) is 0 Å². The van der Waals surface area contributed by atoms with Gasteiger partial charge < -0.3 is 10.5 Å². The fraction of sp³-hybridized carbons (Fsp3) is 0.100. The van der Waals surface area contributed by atoms with Crippen molar-refractivity contribution in [1.29, 1.82) is 0 Å². The first kappa shape index (κ1) is 10.4. The number of nitrogen functional groups attached to an aromatic ring is 1. The van der Waals surface area contributed by atoms with Gasteiger partial charge in [0.1, 0.15) is 18.2 Å². The van der Waals surface area contributed by atoms with Crippen LogP contribution in [0.4, 0.5) is 14.6 Å². The van der Waals surface area contributed by atoms with Crippen LogP contribution in [0.5, 0.6) is 5.75 Å². The second-order valence-electron chi connectivity index (χ2n) is 3.18. The Labute approximate surface area is 90.0 Å². The third-order valence-corrected chi connectivity index (χ3v) is 1.94. The Morgan fingerprint density at radius 2 is 2.06 bits per heavy atom. The summed E-state index contributed by atoms with van der Waals surface area (Å²) in [6, 6.07) is 4.93. The van der Waals surface area contributed by atoms with E-state index in [0.717, 1.165) is 12.1 Å². The molecule has 16 heavy (non-hydrogen) atoms. The van der Waals surface area contributed by atoms with E-state index in [0.29, 0.717) is 11.5 Å². The number of hydrogen-bond acceptors (Lipinski definition) is 3. The predicted molar refractivity (Wildman–Crippen MR) is 53.7 cm³/mol. The van der Waals surface area contributed by atoms with Gasteiger partial charge >= 0.3 is 0 Å². The van der Waals surface area contributed by atoms with Crippen molar-refractivity contribution in [2.24, 2.45) is 0 Å². The van der Waals surface area contributed by atoms with Crippen LogP contribution in [0.25, 0.3) is 0 Å². The van der Waals surface area contributed by atoms with Crippen molar-refractivity contribution < 1.29 is 13.5 Å². The number of hydrogen-bond donors (Lipinski definition) is 2. The monoisotopic (exact) mass is 225 g/mol. The van der Waals surface area contributed by atoms with E-state index in [-0.39, 0.29) is 12.4 Å². The van der Waals surface area contributed by atoms with E-state index < -0.39 is 11.6 Å². The molecule has 0 aliphatic rings. The summed E-state index contributed by atoms with van der Waals surface area (Å²) in [6.45, 7) is 0.162. The maximum absolute atomic E-state index is 12.8. The molecule has 0 saturated carbocycles. The summed E-state index contributed by atoms with van der Waals surface area (Å²) >= 11 is 0. The summed E-state index contributed by atoms with van der Waals surface area (Å²) in [7, 11) is 0. The predicted octanol–water partition coefficient (Wildman–Crippen LogP) is 1.85. The summed E-state index contributed by atoms with van der Waals surface area (Å²) in [4.78, 5) is 0. The van der Waals surface area contributed by atoms with E-state index in [4.69, 9.17) is 10.5 Å². The standard InChI is InChI=1S/C10H9F2N3O/c11-8-2-1-7(4-9(8)12)16-5-6-3-10(13)15-14-6/h1-4H,5H2,(H3,13,14,15). The Morgan fingerprint density at radius 1 is 1.25 bits per heavy atom.